The molecule has 0 aliphatic heterocycles. The molecule has 0 saturated carbocycles. The molecule has 0 rings (SSSR count). The Morgan fingerprint density at radius 3 is 0.877 bits per heavy atom. The van der Waals surface area contributed by atoms with Crippen LogP contribution in [0.4, 0.5) is 0 Å². The maximum absolute atomic E-state index is 12.9. The number of aliphatic hydroxyl groups is 1. The third-order valence-electron chi connectivity index (χ3n) is 14.8. The summed E-state index contributed by atoms with van der Waals surface area (Å²) < 4.78 is 67.9. The van der Waals surface area contributed by atoms with Gasteiger partial charge in [0, 0.05) is 25.7 Å². The van der Waals surface area contributed by atoms with Crippen LogP contribution in [0.2, 0.25) is 0 Å². The Hall–Kier alpha value is -1.94. The second kappa shape index (κ2) is 52.4. The van der Waals surface area contributed by atoms with Crippen LogP contribution in [-0.2, 0) is 65.4 Å². The fraction of sp³-hybridized carbons (Fsp3) is 0.935. The number of unbranched alkanes of at least 4 members (excludes halogenated alkanes) is 23. The standard InChI is InChI=1S/C62H120O17P2/c1-9-54(7)40-32-24-15-11-12-16-28-36-44-61(66)78-57(48-72-59(64)42-34-26-17-13-14-22-30-38-52(3)4)50-76-80(68,69)74-46-56(63)47-75-81(70,71)77-51-58(79-62(67)45-37-29-20-18-23-31-39-53(5)6)49-73-60(65)43-35-27-21-19-25-33-41-55(8)10-2/h52-58,63H,9-51H2,1-8H3,(H,68,69)(H,70,71)/t54?,55?,56?,57-,58-/m1/s1. The van der Waals surface area contributed by atoms with Gasteiger partial charge >= 0.3 is 39.5 Å². The number of carbonyl (C=O) groups excluding carboxylic acids is 4. The van der Waals surface area contributed by atoms with Crippen LogP contribution in [-0.4, -0.2) is 96.7 Å². The van der Waals surface area contributed by atoms with Crippen LogP contribution in [0.5, 0.6) is 0 Å². The van der Waals surface area contributed by atoms with Crippen LogP contribution in [0, 0.1) is 23.7 Å². The average molecular weight is 1200 g/mol. The van der Waals surface area contributed by atoms with E-state index in [1.54, 1.807) is 0 Å². The van der Waals surface area contributed by atoms with Crippen molar-refractivity contribution in [3.63, 3.8) is 0 Å². The van der Waals surface area contributed by atoms with E-state index in [1.165, 1.54) is 83.5 Å². The fourth-order valence-electron chi connectivity index (χ4n) is 9.01. The molecule has 0 heterocycles. The van der Waals surface area contributed by atoms with Gasteiger partial charge in [-0.3, -0.25) is 37.3 Å². The van der Waals surface area contributed by atoms with Crippen LogP contribution >= 0.6 is 15.6 Å². The first-order valence-electron chi connectivity index (χ1n) is 32.3. The van der Waals surface area contributed by atoms with E-state index in [1.807, 2.05) is 0 Å². The number of phosphoric acid groups is 2. The van der Waals surface area contributed by atoms with Crippen molar-refractivity contribution >= 4 is 39.5 Å². The molecule has 0 saturated heterocycles. The smallest absolute Gasteiger partial charge is 0.462 e. The molecular weight excluding hydrogens is 1080 g/mol. The van der Waals surface area contributed by atoms with Crippen LogP contribution < -0.4 is 0 Å². The minimum absolute atomic E-state index is 0.100. The summed E-state index contributed by atoms with van der Waals surface area (Å²) in [4.78, 5) is 72.1. The van der Waals surface area contributed by atoms with Crippen molar-refractivity contribution < 1.29 is 80.2 Å². The summed E-state index contributed by atoms with van der Waals surface area (Å²) in [6.07, 6.45) is 31.0. The zero-order chi connectivity index (χ0) is 60.4. The number of esters is 4. The number of ether oxygens (including phenoxy) is 4. The Balaban J connectivity index is 5.26. The molecule has 0 aliphatic carbocycles. The molecule has 0 radical (unpaired) electrons. The number of carbonyl (C=O) groups is 4. The predicted molar refractivity (Wildman–Crippen MR) is 321 cm³/mol. The molecule has 0 aromatic heterocycles. The highest BCUT2D eigenvalue weighted by molar-refractivity contribution is 7.47. The van der Waals surface area contributed by atoms with Crippen molar-refractivity contribution in [2.24, 2.45) is 23.7 Å². The Labute approximate surface area is 492 Å². The lowest BCUT2D eigenvalue weighted by molar-refractivity contribution is -0.161. The summed E-state index contributed by atoms with van der Waals surface area (Å²) >= 11 is 0. The SMILES string of the molecule is CCC(C)CCCCCCCCCCC(=O)O[C@H](COC(=O)CCCCCCCCCC(C)C)COP(=O)(O)OCC(O)COP(=O)(O)OC[C@@H](COC(=O)CCCCCCCCC(C)CC)OC(=O)CCCCCCCCC(C)C. The van der Waals surface area contributed by atoms with E-state index < -0.39 is 97.5 Å². The largest absolute Gasteiger partial charge is 0.472 e. The second-order valence-electron chi connectivity index (χ2n) is 23.9. The predicted octanol–water partition coefficient (Wildman–Crippen LogP) is 16.6. The van der Waals surface area contributed by atoms with Gasteiger partial charge in [0.2, 0.25) is 0 Å². The lowest BCUT2D eigenvalue weighted by Crippen LogP contribution is -2.30. The molecule has 19 heteroatoms. The normalized spacial score (nSPS) is 15.2. The van der Waals surface area contributed by atoms with Gasteiger partial charge in [-0.05, 0) is 49.4 Å². The van der Waals surface area contributed by atoms with Gasteiger partial charge in [0.1, 0.15) is 19.3 Å². The van der Waals surface area contributed by atoms with Gasteiger partial charge in [-0.1, -0.05) is 242 Å². The van der Waals surface area contributed by atoms with Crippen LogP contribution in [0.15, 0.2) is 0 Å². The van der Waals surface area contributed by atoms with E-state index in [-0.39, 0.29) is 25.7 Å². The van der Waals surface area contributed by atoms with Crippen LogP contribution in [0.3, 0.4) is 0 Å². The first kappa shape index (κ1) is 79.1. The minimum atomic E-state index is -4.94. The van der Waals surface area contributed by atoms with Crippen molar-refractivity contribution in [3.8, 4) is 0 Å². The molecule has 0 spiro atoms. The Bertz CT molecular complexity index is 1630. The Kier molecular flexibility index (Phi) is 51.1. The third-order valence-corrected chi connectivity index (χ3v) is 16.7. The molecule has 0 aromatic carbocycles. The Morgan fingerprint density at radius 1 is 0.346 bits per heavy atom. The zero-order valence-corrected chi connectivity index (χ0v) is 54.2. The molecule has 5 unspecified atom stereocenters. The number of phosphoric ester groups is 2. The Morgan fingerprint density at radius 2 is 0.593 bits per heavy atom. The highest BCUT2D eigenvalue weighted by Crippen LogP contribution is 2.45. The molecule has 3 N–H and O–H groups in total. The van der Waals surface area contributed by atoms with E-state index in [4.69, 9.17) is 37.0 Å². The zero-order valence-electron chi connectivity index (χ0n) is 52.4. The highest BCUT2D eigenvalue weighted by atomic mass is 31.2. The van der Waals surface area contributed by atoms with Gasteiger partial charge in [-0.25, -0.2) is 9.13 Å². The van der Waals surface area contributed by atoms with Gasteiger partial charge in [0.25, 0.3) is 0 Å². The van der Waals surface area contributed by atoms with Crippen molar-refractivity contribution in [2.45, 2.75) is 311 Å². The minimum Gasteiger partial charge on any atom is -0.462 e. The molecule has 0 aliphatic rings. The van der Waals surface area contributed by atoms with Gasteiger partial charge in [-0.15, -0.1) is 0 Å². The summed E-state index contributed by atoms with van der Waals surface area (Å²) in [5, 5.41) is 10.5. The highest BCUT2D eigenvalue weighted by Gasteiger charge is 2.30. The maximum Gasteiger partial charge on any atom is 0.472 e. The van der Waals surface area contributed by atoms with Crippen molar-refractivity contribution in [1.29, 1.82) is 0 Å². The van der Waals surface area contributed by atoms with Crippen molar-refractivity contribution in [2.75, 3.05) is 39.6 Å². The van der Waals surface area contributed by atoms with E-state index in [0.29, 0.717) is 37.5 Å². The number of hydrogen-bond acceptors (Lipinski definition) is 15. The molecular formula is C62H120O17P2. The van der Waals surface area contributed by atoms with Gasteiger partial charge in [0.15, 0.2) is 12.2 Å². The summed E-state index contributed by atoms with van der Waals surface area (Å²) in [6.45, 7) is 13.9. The lowest BCUT2D eigenvalue weighted by atomic mass is 9.99. The maximum atomic E-state index is 12.9. The average Bonchev–Trinajstić information content (AvgIpc) is 3.42. The van der Waals surface area contributed by atoms with Crippen LogP contribution in [0.1, 0.15) is 293 Å². The van der Waals surface area contributed by atoms with Gasteiger partial charge in [0.05, 0.1) is 26.4 Å². The van der Waals surface area contributed by atoms with E-state index >= 15 is 0 Å². The monoisotopic (exact) mass is 1200 g/mol. The van der Waals surface area contributed by atoms with Gasteiger partial charge in [-0.2, -0.15) is 0 Å². The van der Waals surface area contributed by atoms with E-state index in [9.17, 15) is 43.2 Å². The van der Waals surface area contributed by atoms with Crippen molar-refractivity contribution in [1.82, 2.24) is 0 Å². The molecule has 0 fully saturated rings. The quantitative estimate of drug-likeness (QED) is 0.0222. The number of hydrogen-bond donors (Lipinski definition) is 3. The van der Waals surface area contributed by atoms with Gasteiger partial charge < -0.3 is 33.8 Å². The fourth-order valence-corrected chi connectivity index (χ4v) is 10.6. The topological polar surface area (TPSA) is 237 Å². The summed E-state index contributed by atoms with van der Waals surface area (Å²) in [7, 11) is -9.88. The summed E-state index contributed by atoms with van der Waals surface area (Å²) in [5.74, 6) is 0.727. The first-order chi connectivity index (χ1) is 38.7. The number of rotatable bonds is 59. The summed E-state index contributed by atoms with van der Waals surface area (Å²) in [6, 6.07) is 0. The second-order valence-corrected chi connectivity index (χ2v) is 26.8. The summed E-state index contributed by atoms with van der Waals surface area (Å²) in [5.41, 5.74) is 0. The molecule has 0 amide bonds. The molecule has 0 bridgehead atoms. The molecule has 17 nitrogen and oxygen atoms in total. The number of aliphatic hydroxyl groups excluding tert-OH is 1. The van der Waals surface area contributed by atoms with Crippen molar-refractivity contribution in [3.05, 3.63) is 0 Å². The molecule has 7 atom stereocenters. The van der Waals surface area contributed by atoms with E-state index in [0.717, 1.165) is 115 Å². The molecule has 480 valence electrons. The van der Waals surface area contributed by atoms with E-state index in [2.05, 4.69) is 55.4 Å². The third kappa shape index (κ3) is 54.5. The lowest BCUT2D eigenvalue weighted by Gasteiger charge is -2.21. The first-order valence-corrected chi connectivity index (χ1v) is 35.3. The molecule has 0 aromatic rings. The molecule has 81 heavy (non-hydrogen) atoms. The van der Waals surface area contributed by atoms with Crippen LogP contribution in [0.25, 0.3) is 0 Å².